The molecule has 0 unspecified atom stereocenters. The molecule has 0 radical (unpaired) electrons. The Hall–Kier alpha value is -2.29. The smallest absolute Gasteiger partial charge is 0.307 e. The molecule has 86 valence electrons. The van der Waals surface area contributed by atoms with Crippen LogP contribution in [0.25, 0.3) is 11.1 Å². The topological polar surface area (TPSA) is 57.5 Å². The fourth-order valence-electron chi connectivity index (χ4n) is 1.64. The first kappa shape index (κ1) is 11.2. The molecule has 3 heteroatoms. The van der Waals surface area contributed by atoms with Crippen LogP contribution in [0, 0.1) is 0 Å². The van der Waals surface area contributed by atoms with Crippen molar-refractivity contribution >= 4 is 5.97 Å². The largest absolute Gasteiger partial charge is 0.508 e. The van der Waals surface area contributed by atoms with Crippen LogP contribution < -0.4 is 0 Å². The Morgan fingerprint density at radius 1 is 0.882 bits per heavy atom. The van der Waals surface area contributed by atoms with Gasteiger partial charge in [-0.05, 0) is 28.8 Å². The van der Waals surface area contributed by atoms with E-state index in [-0.39, 0.29) is 12.2 Å². The van der Waals surface area contributed by atoms with E-state index in [1.807, 2.05) is 24.3 Å². The Balaban J connectivity index is 2.23. The number of phenolic OH excluding ortho intramolecular Hbond substituents is 1. The Kier molecular flexibility index (Phi) is 3.10. The van der Waals surface area contributed by atoms with Crippen LogP contribution in [0.5, 0.6) is 5.75 Å². The van der Waals surface area contributed by atoms with E-state index in [0.29, 0.717) is 0 Å². The van der Waals surface area contributed by atoms with Gasteiger partial charge >= 0.3 is 5.97 Å². The lowest BCUT2D eigenvalue weighted by molar-refractivity contribution is -0.136. The summed E-state index contributed by atoms with van der Waals surface area (Å²) in [4.78, 5) is 10.5. The summed E-state index contributed by atoms with van der Waals surface area (Å²) in [6.07, 6.45) is 0.0376. The predicted molar refractivity (Wildman–Crippen MR) is 64.9 cm³/mol. The monoisotopic (exact) mass is 228 g/mol. The fraction of sp³-hybridized carbons (Fsp3) is 0.0714. The molecule has 0 amide bonds. The molecule has 0 aliphatic rings. The molecule has 0 spiro atoms. The number of aromatic hydroxyl groups is 1. The Labute approximate surface area is 99.0 Å². The van der Waals surface area contributed by atoms with Crippen LogP contribution in [0.1, 0.15) is 5.56 Å². The normalized spacial score (nSPS) is 10.1. The number of phenols is 1. The van der Waals surface area contributed by atoms with Crippen LogP contribution in [0.4, 0.5) is 0 Å². The molecule has 0 atom stereocenters. The Morgan fingerprint density at radius 2 is 1.35 bits per heavy atom. The highest BCUT2D eigenvalue weighted by molar-refractivity contribution is 5.71. The van der Waals surface area contributed by atoms with E-state index in [0.717, 1.165) is 16.7 Å². The average molecular weight is 228 g/mol. The van der Waals surface area contributed by atoms with E-state index < -0.39 is 5.97 Å². The minimum absolute atomic E-state index is 0.0376. The van der Waals surface area contributed by atoms with Crippen LogP contribution in [0.3, 0.4) is 0 Å². The number of carboxylic acid groups (broad SMARTS) is 1. The van der Waals surface area contributed by atoms with Gasteiger partial charge in [0.05, 0.1) is 6.42 Å². The van der Waals surface area contributed by atoms with Gasteiger partial charge in [0.2, 0.25) is 0 Å². The third-order valence-corrected chi connectivity index (χ3v) is 2.51. The molecule has 0 aliphatic heterocycles. The summed E-state index contributed by atoms with van der Waals surface area (Å²) in [7, 11) is 0. The first-order chi connectivity index (χ1) is 8.15. The molecule has 3 nitrogen and oxygen atoms in total. The molecule has 0 saturated heterocycles. The van der Waals surface area contributed by atoms with Crippen LogP contribution in [0.15, 0.2) is 48.5 Å². The second-order valence-corrected chi connectivity index (χ2v) is 3.81. The first-order valence-corrected chi connectivity index (χ1v) is 5.25. The summed E-state index contributed by atoms with van der Waals surface area (Å²) in [5.41, 5.74) is 2.77. The van der Waals surface area contributed by atoms with Gasteiger partial charge < -0.3 is 10.2 Å². The number of carbonyl (C=O) groups is 1. The summed E-state index contributed by atoms with van der Waals surface area (Å²) >= 11 is 0. The first-order valence-electron chi connectivity index (χ1n) is 5.25. The quantitative estimate of drug-likeness (QED) is 0.849. The summed E-state index contributed by atoms with van der Waals surface area (Å²) in [5, 5.41) is 17.8. The van der Waals surface area contributed by atoms with Crippen LogP contribution in [-0.2, 0) is 11.2 Å². The van der Waals surface area contributed by atoms with Crippen molar-refractivity contribution in [2.75, 3.05) is 0 Å². The van der Waals surface area contributed by atoms with Gasteiger partial charge in [-0.1, -0.05) is 36.4 Å². The highest BCUT2D eigenvalue weighted by Gasteiger charge is 2.01. The highest BCUT2D eigenvalue weighted by atomic mass is 16.4. The number of carboxylic acids is 1. The van der Waals surface area contributed by atoms with Crippen molar-refractivity contribution in [2.45, 2.75) is 6.42 Å². The number of rotatable bonds is 3. The van der Waals surface area contributed by atoms with Crippen molar-refractivity contribution in [1.29, 1.82) is 0 Å². The standard InChI is InChI=1S/C14H12O3/c15-13-7-5-12(6-8-13)11-3-1-10(2-4-11)9-14(16)17/h1-8,15H,9H2,(H,16,17). The molecule has 2 aromatic rings. The van der Waals surface area contributed by atoms with Crippen molar-refractivity contribution in [2.24, 2.45) is 0 Å². The second kappa shape index (κ2) is 4.70. The maximum atomic E-state index is 10.5. The minimum atomic E-state index is -0.831. The third kappa shape index (κ3) is 2.84. The average Bonchev–Trinajstić information content (AvgIpc) is 2.30. The number of aliphatic carboxylic acids is 1. The number of benzene rings is 2. The molecule has 0 aromatic heterocycles. The molecular weight excluding hydrogens is 216 g/mol. The second-order valence-electron chi connectivity index (χ2n) is 3.81. The van der Waals surface area contributed by atoms with Crippen LogP contribution in [-0.4, -0.2) is 16.2 Å². The summed E-state index contributed by atoms with van der Waals surface area (Å²) < 4.78 is 0. The van der Waals surface area contributed by atoms with Gasteiger partial charge in [0.15, 0.2) is 0 Å². The van der Waals surface area contributed by atoms with Gasteiger partial charge in [0, 0.05) is 0 Å². The molecule has 0 saturated carbocycles. The molecule has 0 heterocycles. The van der Waals surface area contributed by atoms with Crippen LogP contribution >= 0.6 is 0 Å². The van der Waals surface area contributed by atoms with Crippen LogP contribution in [0.2, 0.25) is 0 Å². The van der Waals surface area contributed by atoms with Crippen molar-refractivity contribution in [1.82, 2.24) is 0 Å². The summed E-state index contributed by atoms with van der Waals surface area (Å²) in [5.74, 6) is -0.598. The maximum absolute atomic E-state index is 10.5. The minimum Gasteiger partial charge on any atom is -0.508 e. The molecule has 2 N–H and O–H groups in total. The number of hydrogen-bond donors (Lipinski definition) is 2. The zero-order valence-corrected chi connectivity index (χ0v) is 9.13. The van der Waals surface area contributed by atoms with E-state index in [1.54, 1.807) is 24.3 Å². The van der Waals surface area contributed by atoms with Gasteiger partial charge in [0.1, 0.15) is 5.75 Å². The van der Waals surface area contributed by atoms with Gasteiger partial charge in [-0.2, -0.15) is 0 Å². The van der Waals surface area contributed by atoms with Gasteiger partial charge in [-0.25, -0.2) is 0 Å². The molecule has 2 rings (SSSR count). The molecule has 17 heavy (non-hydrogen) atoms. The number of hydrogen-bond acceptors (Lipinski definition) is 2. The summed E-state index contributed by atoms with van der Waals surface area (Å²) in [6, 6.07) is 14.3. The Morgan fingerprint density at radius 3 is 1.82 bits per heavy atom. The lowest BCUT2D eigenvalue weighted by Crippen LogP contribution is -1.99. The molecular formula is C14H12O3. The van der Waals surface area contributed by atoms with E-state index >= 15 is 0 Å². The molecule has 2 aromatic carbocycles. The zero-order chi connectivity index (χ0) is 12.3. The van der Waals surface area contributed by atoms with E-state index in [1.165, 1.54) is 0 Å². The predicted octanol–water partition coefficient (Wildman–Crippen LogP) is 2.69. The van der Waals surface area contributed by atoms with E-state index in [4.69, 9.17) is 5.11 Å². The lowest BCUT2D eigenvalue weighted by Gasteiger charge is -2.03. The SMILES string of the molecule is O=C(O)Cc1ccc(-c2ccc(O)cc2)cc1. The molecule has 0 aliphatic carbocycles. The highest BCUT2D eigenvalue weighted by Crippen LogP contribution is 2.22. The fourth-order valence-corrected chi connectivity index (χ4v) is 1.64. The van der Waals surface area contributed by atoms with Crippen molar-refractivity contribution in [3.8, 4) is 16.9 Å². The molecule has 0 fully saturated rings. The third-order valence-electron chi connectivity index (χ3n) is 2.51. The van der Waals surface area contributed by atoms with Crippen molar-refractivity contribution in [3.05, 3.63) is 54.1 Å². The lowest BCUT2D eigenvalue weighted by atomic mass is 10.0. The van der Waals surface area contributed by atoms with Crippen molar-refractivity contribution in [3.63, 3.8) is 0 Å². The Bertz CT molecular complexity index is 512. The molecule has 0 bridgehead atoms. The zero-order valence-electron chi connectivity index (χ0n) is 9.13. The van der Waals surface area contributed by atoms with Crippen molar-refractivity contribution < 1.29 is 15.0 Å². The van der Waals surface area contributed by atoms with E-state index in [9.17, 15) is 9.90 Å². The van der Waals surface area contributed by atoms with Gasteiger partial charge in [0.25, 0.3) is 0 Å². The summed E-state index contributed by atoms with van der Waals surface area (Å²) in [6.45, 7) is 0. The van der Waals surface area contributed by atoms with E-state index in [2.05, 4.69) is 0 Å². The van der Waals surface area contributed by atoms with Gasteiger partial charge in [-0.3, -0.25) is 4.79 Å². The maximum Gasteiger partial charge on any atom is 0.307 e. The van der Waals surface area contributed by atoms with Gasteiger partial charge in [-0.15, -0.1) is 0 Å².